The van der Waals surface area contributed by atoms with Crippen LogP contribution in [0, 0.1) is 6.92 Å². The monoisotopic (exact) mass is 292 g/mol. The lowest BCUT2D eigenvalue weighted by Crippen LogP contribution is -2.26. The summed E-state index contributed by atoms with van der Waals surface area (Å²) in [4.78, 5) is 19.6. The molecule has 21 heavy (non-hydrogen) atoms. The molecule has 0 amide bonds. The molecule has 5 heteroatoms. The fraction of sp³-hybridized carbons (Fsp3) is 0.375. The van der Waals surface area contributed by atoms with Crippen molar-refractivity contribution in [2.75, 3.05) is 5.32 Å². The second kappa shape index (κ2) is 10.6. The summed E-state index contributed by atoms with van der Waals surface area (Å²) in [5, 5.41) is 10.9. The highest BCUT2D eigenvalue weighted by Gasteiger charge is 2.06. The number of carbonyl (C=O) groups is 2. The topological polar surface area (TPSA) is 92.4 Å². The normalized spacial score (nSPS) is 10.8. The van der Waals surface area contributed by atoms with Crippen molar-refractivity contribution in [2.45, 2.75) is 39.2 Å². The molecule has 0 aliphatic rings. The quantitative estimate of drug-likeness (QED) is 0.672. The molecule has 0 saturated heterocycles. The number of aryl methyl sites for hydroxylation is 1. The zero-order valence-corrected chi connectivity index (χ0v) is 12.6. The van der Waals surface area contributed by atoms with E-state index in [9.17, 15) is 9.59 Å². The molecule has 116 valence electrons. The lowest BCUT2D eigenvalue weighted by molar-refractivity contribution is -0.136. The van der Waals surface area contributed by atoms with Gasteiger partial charge in [-0.2, -0.15) is 0 Å². The number of hydrogen-bond acceptors (Lipinski definition) is 4. The SMILES string of the molecule is C=C(Nc1ccc(C)cc1)C(N)CCC=O.CCC(=O)O. The molecule has 0 bridgehead atoms. The van der Waals surface area contributed by atoms with E-state index in [1.165, 1.54) is 5.56 Å². The molecule has 1 atom stereocenters. The Labute approximate surface area is 125 Å². The number of carboxylic acids is 1. The van der Waals surface area contributed by atoms with Gasteiger partial charge in [-0.15, -0.1) is 0 Å². The van der Waals surface area contributed by atoms with Crippen LogP contribution in [0.1, 0.15) is 31.7 Å². The number of aldehydes is 1. The minimum absolute atomic E-state index is 0.188. The Morgan fingerprint density at radius 1 is 1.43 bits per heavy atom. The third kappa shape index (κ3) is 9.40. The Morgan fingerprint density at radius 3 is 2.38 bits per heavy atom. The fourth-order valence-electron chi connectivity index (χ4n) is 1.34. The van der Waals surface area contributed by atoms with Gasteiger partial charge in [-0.25, -0.2) is 0 Å². The molecule has 5 nitrogen and oxygen atoms in total. The third-order valence-corrected chi connectivity index (χ3v) is 2.70. The van der Waals surface area contributed by atoms with E-state index in [2.05, 4.69) is 11.9 Å². The van der Waals surface area contributed by atoms with Crippen molar-refractivity contribution < 1.29 is 14.7 Å². The molecule has 0 saturated carbocycles. The molecule has 0 fully saturated rings. The second-order valence-corrected chi connectivity index (χ2v) is 4.61. The van der Waals surface area contributed by atoms with E-state index in [1.807, 2.05) is 31.2 Å². The summed E-state index contributed by atoms with van der Waals surface area (Å²) in [6, 6.07) is 7.81. The van der Waals surface area contributed by atoms with Crippen molar-refractivity contribution in [3.8, 4) is 0 Å². The zero-order valence-electron chi connectivity index (χ0n) is 12.6. The average molecular weight is 292 g/mol. The van der Waals surface area contributed by atoms with Crippen LogP contribution in [0.15, 0.2) is 36.5 Å². The van der Waals surface area contributed by atoms with Gasteiger partial charge < -0.3 is 21.0 Å². The van der Waals surface area contributed by atoms with Crippen LogP contribution in [-0.4, -0.2) is 23.4 Å². The van der Waals surface area contributed by atoms with Crippen LogP contribution in [0.4, 0.5) is 5.69 Å². The number of nitrogens with one attached hydrogen (secondary N) is 1. The van der Waals surface area contributed by atoms with Crippen LogP contribution in [0.5, 0.6) is 0 Å². The van der Waals surface area contributed by atoms with E-state index in [0.717, 1.165) is 17.7 Å². The highest BCUT2D eigenvalue weighted by Crippen LogP contribution is 2.13. The largest absolute Gasteiger partial charge is 0.481 e. The Bertz CT molecular complexity index is 455. The first-order chi connectivity index (χ1) is 9.90. The van der Waals surface area contributed by atoms with Gasteiger partial charge in [0, 0.05) is 30.3 Å². The molecule has 0 heterocycles. The van der Waals surface area contributed by atoms with Crippen molar-refractivity contribution in [1.29, 1.82) is 0 Å². The van der Waals surface area contributed by atoms with Crippen molar-refractivity contribution in [2.24, 2.45) is 5.73 Å². The maximum atomic E-state index is 10.2. The summed E-state index contributed by atoms with van der Waals surface area (Å²) < 4.78 is 0. The summed E-state index contributed by atoms with van der Waals surface area (Å²) in [6.07, 6.45) is 2.19. The lowest BCUT2D eigenvalue weighted by Gasteiger charge is -2.15. The molecule has 0 radical (unpaired) electrons. The van der Waals surface area contributed by atoms with Gasteiger partial charge in [-0.1, -0.05) is 31.2 Å². The highest BCUT2D eigenvalue weighted by molar-refractivity contribution is 5.66. The molecule has 1 aromatic rings. The van der Waals surface area contributed by atoms with Crippen LogP contribution < -0.4 is 11.1 Å². The average Bonchev–Trinajstić information content (AvgIpc) is 2.47. The summed E-state index contributed by atoms with van der Waals surface area (Å²) in [5.74, 6) is -0.745. The Balaban J connectivity index is 0.000000690. The predicted octanol–water partition coefficient (Wildman–Crippen LogP) is 2.71. The Kier molecular flexibility index (Phi) is 9.54. The van der Waals surface area contributed by atoms with Crippen molar-refractivity contribution >= 4 is 17.9 Å². The van der Waals surface area contributed by atoms with E-state index >= 15 is 0 Å². The van der Waals surface area contributed by atoms with E-state index in [1.54, 1.807) is 6.92 Å². The van der Waals surface area contributed by atoms with Gasteiger partial charge in [0.1, 0.15) is 6.29 Å². The van der Waals surface area contributed by atoms with E-state index in [-0.39, 0.29) is 12.5 Å². The molecular weight excluding hydrogens is 268 g/mol. The molecule has 0 aliphatic heterocycles. The number of rotatable bonds is 7. The Hall–Kier alpha value is -2.14. The first kappa shape index (κ1) is 18.9. The number of aliphatic carboxylic acids is 1. The first-order valence-corrected chi connectivity index (χ1v) is 6.84. The number of benzene rings is 1. The number of carboxylic acid groups (broad SMARTS) is 1. The molecule has 4 N–H and O–H groups in total. The van der Waals surface area contributed by atoms with Gasteiger partial charge in [0.2, 0.25) is 0 Å². The Morgan fingerprint density at radius 2 is 1.95 bits per heavy atom. The van der Waals surface area contributed by atoms with Gasteiger partial charge in [0.15, 0.2) is 0 Å². The zero-order chi connectivity index (χ0) is 16.3. The summed E-state index contributed by atoms with van der Waals surface area (Å²) in [5.41, 5.74) is 8.78. The van der Waals surface area contributed by atoms with Crippen molar-refractivity contribution in [3.05, 3.63) is 42.1 Å². The van der Waals surface area contributed by atoms with Gasteiger partial charge >= 0.3 is 5.97 Å². The number of nitrogens with two attached hydrogens (primary N) is 1. The van der Waals surface area contributed by atoms with Crippen molar-refractivity contribution in [3.63, 3.8) is 0 Å². The molecule has 1 unspecified atom stereocenters. The van der Waals surface area contributed by atoms with Crippen LogP contribution in [-0.2, 0) is 9.59 Å². The van der Waals surface area contributed by atoms with Crippen LogP contribution in [0.2, 0.25) is 0 Å². The molecule has 1 rings (SSSR count). The maximum absolute atomic E-state index is 10.2. The van der Waals surface area contributed by atoms with Crippen LogP contribution in [0.25, 0.3) is 0 Å². The van der Waals surface area contributed by atoms with Crippen molar-refractivity contribution in [1.82, 2.24) is 0 Å². The molecule has 0 aromatic heterocycles. The fourth-order valence-corrected chi connectivity index (χ4v) is 1.34. The molecular formula is C16H24N2O3. The van der Waals surface area contributed by atoms with Crippen LogP contribution >= 0.6 is 0 Å². The highest BCUT2D eigenvalue weighted by atomic mass is 16.4. The van der Waals surface area contributed by atoms with Crippen LogP contribution in [0.3, 0.4) is 0 Å². The number of carbonyl (C=O) groups excluding carboxylic acids is 1. The summed E-state index contributed by atoms with van der Waals surface area (Å²) >= 11 is 0. The summed E-state index contributed by atoms with van der Waals surface area (Å²) in [7, 11) is 0. The summed E-state index contributed by atoms with van der Waals surface area (Å²) in [6.45, 7) is 7.51. The first-order valence-electron chi connectivity index (χ1n) is 6.84. The maximum Gasteiger partial charge on any atom is 0.303 e. The molecule has 0 aliphatic carbocycles. The molecule has 0 spiro atoms. The number of hydrogen-bond donors (Lipinski definition) is 3. The number of anilines is 1. The van der Waals surface area contributed by atoms with Gasteiger partial charge in [0.05, 0.1) is 0 Å². The standard InChI is InChI=1S/C13H18N2O.C3H6O2/c1-10-5-7-12(8-6-10)15-11(2)13(14)4-3-9-16;1-2-3(4)5/h5-9,13,15H,2-4,14H2,1H3;2H2,1H3,(H,4,5). The smallest absolute Gasteiger partial charge is 0.303 e. The van der Waals surface area contributed by atoms with E-state index in [4.69, 9.17) is 10.8 Å². The third-order valence-electron chi connectivity index (χ3n) is 2.70. The van der Waals surface area contributed by atoms with Gasteiger partial charge in [-0.3, -0.25) is 4.79 Å². The van der Waals surface area contributed by atoms with E-state index < -0.39 is 5.97 Å². The minimum atomic E-state index is -0.745. The van der Waals surface area contributed by atoms with E-state index in [0.29, 0.717) is 12.8 Å². The predicted molar refractivity (Wildman–Crippen MR) is 85.1 cm³/mol. The molecule has 1 aromatic carbocycles. The van der Waals surface area contributed by atoms with Gasteiger partial charge in [-0.05, 0) is 25.5 Å². The lowest BCUT2D eigenvalue weighted by atomic mass is 10.1. The minimum Gasteiger partial charge on any atom is -0.481 e. The van der Waals surface area contributed by atoms with Gasteiger partial charge in [0.25, 0.3) is 0 Å². The second-order valence-electron chi connectivity index (χ2n) is 4.61.